The number of nitro benzene ring substituents is 1. The van der Waals surface area contributed by atoms with Crippen molar-refractivity contribution in [3.8, 4) is 0 Å². The molecule has 0 aliphatic heterocycles. The van der Waals surface area contributed by atoms with E-state index in [0.717, 1.165) is 0 Å². The Bertz CT molecular complexity index is 985. The van der Waals surface area contributed by atoms with Crippen LogP contribution in [0.3, 0.4) is 0 Å². The minimum atomic E-state index is -1.08. The summed E-state index contributed by atoms with van der Waals surface area (Å²) < 4.78 is 1.39. The van der Waals surface area contributed by atoms with Crippen LogP contribution in [0.4, 0.5) is 17.2 Å². The molecule has 10 heteroatoms. The van der Waals surface area contributed by atoms with Gasteiger partial charge in [0.1, 0.15) is 16.9 Å². The molecule has 0 amide bonds. The highest BCUT2D eigenvalue weighted by Gasteiger charge is 2.18. The summed E-state index contributed by atoms with van der Waals surface area (Å²) in [5.41, 5.74) is 1.19. The van der Waals surface area contributed by atoms with E-state index < -0.39 is 10.9 Å². The van der Waals surface area contributed by atoms with Crippen LogP contribution in [0.15, 0.2) is 30.7 Å². The second-order valence-electron chi connectivity index (χ2n) is 4.92. The van der Waals surface area contributed by atoms with Crippen molar-refractivity contribution in [2.45, 2.75) is 6.92 Å². The van der Waals surface area contributed by atoms with E-state index in [4.69, 9.17) is 11.6 Å². The summed E-state index contributed by atoms with van der Waals surface area (Å²) in [6.45, 7) is 1.64. The first-order chi connectivity index (χ1) is 11.4. The van der Waals surface area contributed by atoms with Crippen LogP contribution in [-0.2, 0) is 0 Å². The summed E-state index contributed by atoms with van der Waals surface area (Å²) >= 11 is 5.79. The lowest BCUT2D eigenvalue weighted by atomic mass is 10.2. The van der Waals surface area contributed by atoms with Gasteiger partial charge in [0.05, 0.1) is 10.5 Å². The first kappa shape index (κ1) is 15.7. The topological polar surface area (TPSA) is 123 Å². The van der Waals surface area contributed by atoms with Crippen LogP contribution in [0, 0.1) is 17.0 Å². The Hall–Kier alpha value is -3.20. The van der Waals surface area contributed by atoms with Gasteiger partial charge in [-0.2, -0.15) is 5.10 Å². The number of carbonyl (C=O) groups is 1. The van der Waals surface area contributed by atoms with Crippen LogP contribution in [0.1, 0.15) is 15.9 Å². The Balaban J connectivity index is 2.09. The number of hydrogen-bond acceptors (Lipinski definition) is 6. The Morgan fingerprint density at radius 3 is 2.88 bits per heavy atom. The molecule has 3 rings (SSSR count). The van der Waals surface area contributed by atoms with Crippen molar-refractivity contribution in [1.29, 1.82) is 0 Å². The number of nitro groups is 1. The van der Waals surface area contributed by atoms with Gasteiger partial charge >= 0.3 is 5.97 Å². The number of benzene rings is 1. The number of nitrogens with zero attached hydrogens (tertiary/aromatic N) is 4. The van der Waals surface area contributed by atoms with Crippen molar-refractivity contribution < 1.29 is 14.8 Å². The van der Waals surface area contributed by atoms with Gasteiger partial charge in [-0.15, -0.1) is 0 Å². The molecular formula is C14H10ClN5O4. The number of anilines is 2. The molecule has 3 aromatic rings. The quantitative estimate of drug-likeness (QED) is 0.549. The molecule has 0 saturated heterocycles. The van der Waals surface area contributed by atoms with Crippen LogP contribution in [-0.4, -0.2) is 30.6 Å². The molecule has 24 heavy (non-hydrogen) atoms. The lowest BCUT2D eigenvalue weighted by Gasteiger charge is -2.08. The highest BCUT2D eigenvalue weighted by molar-refractivity contribution is 6.32. The molecule has 122 valence electrons. The molecule has 0 radical (unpaired) electrons. The fraction of sp³-hybridized carbons (Fsp3) is 0.0714. The summed E-state index contributed by atoms with van der Waals surface area (Å²) in [5.74, 6) is -0.752. The van der Waals surface area contributed by atoms with Gasteiger partial charge in [-0.25, -0.2) is 14.3 Å². The third kappa shape index (κ3) is 2.61. The fourth-order valence-corrected chi connectivity index (χ4v) is 2.52. The first-order valence-electron chi connectivity index (χ1n) is 6.65. The number of halogens is 1. The van der Waals surface area contributed by atoms with Gasteiger partial charge in [-0.1, -0.05) is 11.6 Å². The largest absolute Gasteiger partial charge is 0.478 e. The molecule has 0 spiro atoms. The average Bonchev–Trinajstić information content (AvgIpc) is 2.87. The number of nitrogens with one attached hydrogen (secondary N) is 1. The highest BCUT2D eigenvalue weighted by Crippen LogP contribution is 2.30. The van der Waals surface area contributed by atoms with Crippen molar-refractivity contribution >= 4 is 40.3 Å². The number of aryl methyl sites for hydroxylation is 1. The van der Waals surface area contributed by atoms with E-state index in [1.54, 1.807) is 13.0 Å². The lowest BCUT2D eigenvalue weighted by Crippen LogP contribution is -2.01. The van der Waals surface area contributed by atoms with Gasteiger partial charge in [0.15, 0.2) is 5.82 Å². The van der Waals surface area contributed by atoms with Crippen LogP contribution in [0.2, 0.25) is 5.02 Å². The molecule has 0 atom stereocenters. The minimum absolute atomic E-state index is 0.0189. The molecule has 0 bridgehead atoms. The number of rotatable bonds is 4. The molecule has 0 aliphatic rings. The number of hydrogen-bond donors (Lipinski definition) is 2. The zero-order valence-electron chi connectivity index (χ0n) is 12.2. The van der Waals surface area contributed by atoms with Crippen molar-refractivity contribution in [3.63, 3.8) is 0 Å². The molecule has 0 fully saturated rings. The monoisotopic (exact) mass is 347 g/mol. The molecule has 0 saturated carbocycles. The minimum Gasteiger partial charge on any atom is -0.478 e. The third-order valence-corrected chi connectivity index (χ3v) is 3.78. The van der Waals surface area contributed by atoms with Crippen LogP contribution in [0.25, 0.3) is 5.52 Å². The maximum atomic E-state index is 11.2. The normalized spacial score (nSPS) is 10.8. The number of aromatic nitrogens is 3. The van der Waals surface area contributed by atoms with Crippen molar-refractivity contribution in [1.82, 2.24) is 14.6 Å². The van der Waals surface area contributed by atoms with Crippen molar-refractivity contribution in [2.24, 2.45) is 0 Å². The molecule has 9 nitrogen and oxygen atoms in total. The standard InChI is InChI=1S/C14H10ClN5O4/c1-7-9(14(21)22)5-19-12(7)13(16-6-17-19)18-8-2-3-10(15)11(4-8)20(23)24/h2-6H,1H3,(H,21,22)(H,16,17,18). The van der Waals surface area contributed by atoms with Crippen LogP contribution >= 0.6 is 11.6 Å². The van der Waals surface area contributed by atoms with E-state index in [1.807, 2.05) is 0 Å². The SMILES string of the molecule is Cc1c(C(=O)O)cn2ncnc(Nc3ccc(Cl)c([N+](=O)[O-])c3)c12. The summed E-state index contributed by atoms with van der Waals surface area (Å²) in [4.78, 5) is 25.7. The van der Waals surface area contributed by atoms with Gasteiger partial charge < -0.3 is 10.4 Å². The van der Waals surface area contributed by atoms with Gasteiger partial charge in [0.2, 0.25) is 0 Å². The van der Waals surface area contributed by atoms with Gasteiger partial charge in [-0.3, -0.25) is 10.1 Å². The zero-order chi connectivity index (χ0) is 17.4. The Morgan fingerprint density at radius 1 is 1.46 bits per heavy atom. The average molecular weight is 348 g/mol. The predicted molar refractivity (Wildman–Crippen MR) is 86.1 cm³/mol. The first-order valence-corrected chi connectivity index (χ1v) is 7.03. The predicted octanol–water partition coefficient (Wildman–Crippen LogP) is 3.04. The van der Waals surface area contributed by atoms with E-state index in [-0.39, 0.29) is 16.3 Å². The lowest BCUT2D eigenvalue weighted by molar-refractivity contribution is -0.384. The van der Waals surface area contributed by atoms with Crippen molar-refractivity contribution in [3.05, 3.63) is 57.0 Å². The molecular weight excluding hydrogens is 338 g/mol. The highest BCUT2D eigenvalue weighted by atomic mass is 35.5. The maximum absolute atomic E-state index is 11.2. The molecule has 2 aromatic heterocycles. The Labute approximate surface area is 139 Å². The number of carboxylic acid groups (broad SMARTS) is 1. The number of carboxylic acids is 1. The van der Waals surface area contributed by atoms with E-state index in [2.05, 4.69) is 15.4 Å². The summed E-state index contributed by atoms with van der Waals surface area (Å²) in [5, 5.41) is 27.1. The second kappa shape index (κ2) is 5.78. The van der Waals surface area contributed by atoms with E-state index in [1.165, 1.54) is 29.2 Å². The fourth-order valence-electron chi connectivity index (χ4n) is 2.33. The Kier molecular flexibility index (Phi) is 3.78. The van der Waals surface area contributed by atoms with Gasteiger partial charge in [0.25, 0.3) is 5.69 Å². The third-order valence-electron chi connectivity index (χ3n) is 3.46. The summed E-state index contributed by atoms with van der Waals surface area (Å²) in [7, 11) is 0. The van der Waals surface area contributed by atoms with Gasteiger partial charge in [-0.05, 0) is 24.6 Å². The zero-order valence-corrected chi connectivity index (χ0v) is 13.0. The summed E-state index contributed by atoms with van der Waals surface area (Å²) in [6, 6.07) is 4.23. The Morgan fingerprint density at radius 2 is 2.21 bits per heavy atom. The molecule has 2 heterocycles. The number of aromatic carboxylic acids is 1. The number of fused-ring (bicyclic) bond motifs is 1. The van der Waals surface area contributed by atoms with Gasteiger partial charge in [0, 0.05) is 18.0 Å². The maximum Gasteiger partial charge on any atom is 0.337 e. The van der Waals surface area contributed by atoms with Crippen LogP contribution < -0.4 is 5.32 Å². The summed E-state index contributed by atoms with van der Waals surface area (Å²) in [6.07, 6.45) is 2.63. The molecule has 0 aliphatic carbocycles. The molecule has 0 unspecified atom stereocenters. The van der Waals surface area contributed by atoms with E-state index in [9.17, 15) is 20.0 Å². The smallest absolute Gasteiger partial charge is 0.337 e. The molecule has 2 N–H and O–H groups in total. The van der Waals surface area contributed by atoms with Crippen LogP contribution in [0.5, 0.6) is 0 Å². The van der Waals surface area contributed by atoms with E-state index in [0.29, 0.717) is 22.6 Å². The second-order valence-corrected chi connectivity index (χ2v) is 5.33. The molecule has 1 aromatic carbocycles. The van der Waals surface area contributed by atoms with E-state index >= 15 is 0 Å². The van der Waals surface area contributed by atoms with Crippen molar-refractivity contribution in [2.75, 3.05) is 5.32 Å².